The number of likely N-dealkylation sites (tertiary alicyclic amines) is 1. The molecule has 5 N–H and O–H groups in total. The van der Waals surface area contributed by atoms with Crippen molar-refractivity contribution in [1.29, 1.82) is 0 Å². The zero-order chi connectivity index (χ0) is 20.3. The minimum atomic E-state index is -1.42. The molecule has 10 heteroatoms. The monoisotopic (exact) mass is 442 g/mol. The third-order valence-corrected chi connectivity index (χ3v) is 6.51. The molecule has 0 aromatic rings. The van der Waals surface area contributed by atoms with Crippen LogP contribution >= 0.6 is 24.2 Å². The molecule has 0 aliphatic carbocycles. The Balaban J connectivity index is 0.00000392. The van der Waals surface area contributed by atoms with Crippen molar-refractivity contribution in [2.24, 2.45) is 5.92 Å². The Hall–Kier alpha value is -0.130. The molecule has 28 heavy (non-hydrogen) atoms. The summed E-state index contributed by atoms with van der Waals surface area (Å²) in [7, 11) is 1.91. The molecule has 2 unspecified atom stereocenters. The van der Waals surface area contributed by atoms with Crippen LogP contribution in [0.25, 0.3) is 0 Å². The molecule has 9 atom stereocenters. The van der Waals surface area contributed by atoms with Gasteiger partial charge in [-0.1, -0.05) is 13.3 Å². The summed E-state index contributed by atoms with van der Waals surface area (Å²) in [6.07, 6.45) is -1.50. The Labute approximate surface area is 177 Å². The number of aliphatic hydroxyl groups is 4. The summed E-state index contributed by atoms with van der Waals surface area (Å²) >= 11 is 1.20. The van der Waals surface area contributed by atoms with Crippen LogP contribution in [0.15, 0.2) is 0 Å². The first kappa shape index (κ1) is 25.9. The molecule has 0 saturated carbocycles. The Morgan fingerprint density at radius 1 is 1.29 bits per heavy atom. The number of rotatable bonds is 7. The van der Waals surface area contributed by atoms with Crippen molar-refractivity contribution in [3.63, 3.8) is 0 Å². The van der Waals surface area contributed by atoms with Gasteiger partial charge in [-0.2, -0.15) is 0 Å². The molecule has 0 aromatic carbocycles. The molecule has 2 saturated heterocycles. The van der Waals surface area contributed by atoms with E-state index in [-0.39, 0.29) is 24.4 Å². The van der Waals surface area contributed by atoms with Gasteiger partial charge in [0, 0.05) is 6.54 Å². The maximum atomic E-state index is 12.8. The van der Waals surface area contributed by atoms with E-state index in [0.717, 1.165) is 25.8 Å². The van der Waals surface area contributed by atoms with Crippen molar-refractivity contribution >= 4 is 30.1 Å². The number of likely N-dealkylation sites (N-methyl/N-ethyl adjacent to an activating group) is 1. The van der Waals surface area contributed by atoms with E-state index in [4.69, 9.17) is 4.74 Å². The highest BCUT2D eigenvalue weighted by Crippen LogP contribution is 2.30. The van der Waals surface area contributed by atoms with Crippen molar-refractivity contribution in [2.45, 2.75) is 81.1 Å². The molecule has 2 aliphatic rings. The van der Waals surface area contributed by atoms with Crippen LogP contribution in [0.4, 0.5) is 0 Å². The Morgan fingerprint density at radius 3 is 2.46 bits per heavy atom. The van der Waals surface area contributed by atoms with Crippen LogP contribution in [0.3, 0.4) is 0 Å². The van der Waals surface area contributed by atoms with Crippen molar-refractivity contribution in [3.8, 4) is 0 Å². The predicted molar refractivity (Wildman–Crippen MR) is 110 cm³/mol. The van der Waals surface area contributed by atoms with Crippen LogP contribution in [0.2, 0.25) is 0 Å². The second-order valence-electron chi connectivity index (χ2n) is 7.80. The van der Waals surface area contributed by atoms with Gasteiger partial charge in [0.1, 0.15) is 29.9 Å². The molecule has 8 nitrogen and oxygen atoms in total. The van der Waals surface area contributed by atoms with Gasteiger partial charge in [-0.3, -0.25) is 9.69 Å². The van der Waals surface area contributed by atoms with Crippen LogP contribution in [0.1, 0.15) is 33.1 Å². The fourth-order valence-corrected chi connectivity index (χ4v) is 4.81. The highest BCUT2D eigenvalue weighted by atomic mass is 35.5. The number of ether oxygens (including phenoxy) is 1. The predicted octanol–water partition coefficient (Wildman–Crippen LogP) is -0.435. The fraction of sp³-hybridized carbons (Fsp3) is 0.944. The quantitative estimate of drug-likeness (QED) is 0.360. The molecular weight excluding hydrogens is 408 g/mol. The average Bonchev–Trinajstić information content (AvgIpc) is 2.99. The summed E-state index contributed by atoms with van der Waals surface area (Å²) < 4.78 is 5.72. The van der Waals surface area contributed by atoms with E-state index in [1.807, 2.05) is 11.9 Å². The number of amides is 1. The first-order chi connectivity index (χ1) is 12.7. The summed E-state index contributed by atoms with van der Waals surface area (Å²) in [5, 5.41) is 43.5. The lowest BCUT2D eigenvalue weighted by atomic mass is 9.92. The van der Waals surface area contributed by atoms with Gasteiger partial charge in [0.05, 0.1) is 18.2 Å². The first-order valence-corrected chi connectivity index (χ1v) is 10.9. The Morgan fingerprint density at radius 2 is 1.93 bits per heavy atom. The third kappa shape index (κ3) is 5.72. The van der Waals surface area contributed by atoms with Crippen molar-refractivity contribution < 1.29 is 30.0 Å². The van der Waals surface area contributed by atoms with Gasteiger partial charge >= 0.3 is 0 Å². The Bertz CT molecular complexity index is 501. The van der Waals surface area contributed by atoms with E-state index in [0.29, 0.717) is 5.92 Å². The van der Waals surface area contributed by atoms with Gasteiger partial charge in [-0.25, -0.2) is 0 Å². The Kier molecular flexibility index (Phi) is 10.5. The van der Waals surface area contributed by atoms with Gasteiger partial charge < -0.3 is 30.5 Å². The fourth-order valence-electron chi connectivity index (χ4n) is 4.13. The summed E-state index contributed by atoms with van der Waals surface area (Å²) in [5.74, 6) is 0.245. The molecule has 1 amide bonds. The zero-order valence-corrected chi connectivity index (χ0v) is 18.5. The molecule has 0 aromatic heterocycles. The number of halogens is 1. The standard InChI is InChI=1S/C18H34N2O6S.ClH/c1-5-6-10-7-11(20(3)8-10)17(25)19-12(9(2)21)16-14(23)13(22)15(24)18(26-16)27-4;/h9-16,18,21-24H,5-8H2,1-4H3,(H,19,25);1H/t9-,10-,11-,12-,13-,14-,15?,16?,18-;/m1./s1. The molecule has 2 rings (SSSR count). The van der Waals surface area contributed by atoms with E-state index in [9.17, 15) is 25.2 Å². The highest BCUT2D eigenvalue weighted by molar-refractivity contribution is 7.99. The molecule has 0 bridgehead atoms. The highest BCUT2D eigenvalue weighted by Gasteiger charge is 2.48. The number of thioether (sulfide) groups is 1. The van der Waals surface area contributed by atoms with Gasteiger partial charge in [0.15, 0.2) is 0 Å². The van der Waals surface area contributed by atoms with E-state index in [1.54, 1.807) is 6.26 Å². The lowest BCUT2D eigenvalue weighted by molar-refractivity contribution is -0.211. The number of hydrogen-bond acceptors (Lipinski definition) is 8. The second kappa shape index (κ2) is 11.3. The van der Waals surface area contributed by atoms with Crippen LogP contribution in [-0.4, -0.2) is 99.1 Å². The topological polar surface area (TPSA) is 122 Å². The zero-order valence-electron chi connectivity index (χ0n) is 16.9. The van der Waals surface area contributed by atoms with E-state index in [1.165, 1.54) is 18.7 Å². The molecule has 2 fully saturated rings. The van der Waals surface area contributed by atoms with Crippen molar-refractivity contribution in [3.05, 3.63) is 0 Å². The van der Waals surface area contributed by atoms with E-state index in [2.05, 4.69) is 12.2 Å². The number of aliphatic hydroxyl groups excluding tert-OH is 4. The smallest absolute Gasteiger partial charge is 0.237 e. The summed E-state index contributed by atoms with van der Waals surface area (Å²) in [5.41, 5.74) is -0.755. The maximum Gasteiger partial charge on any atom is 0.237 e. The van der Waals surface area contributed by atoms with Gasteiger partial charge in [-0.05, 0) is 39.0 Å². The van der Waals surface area contributed by atoms with Gasteiger partial charge in [0.2, 0.25) is 5.91 Å². The number of hydrogen-bond donors (Lipinski definition) is 5. The van der Waals surface area contributed by atoms with E-state index >= 15 is 0 Å². The second-order valence-corrected chi connectivity index (χ2v) is 8.73. The summed E-state index contributed by atoms with van der Waals surface area (Å²) in [6.45, 7) is 4.48. The van der Waals surface area contributed by atoms with Crippen molar-refractivity contribution in [2.75, 3.05) is 19.8 Å². The minimum absolute atomic E-state index is 0. The van der Waals surface area contributed by atoms with Crippen LogP contribution in [0.5, 0.6) is 0 Å². The number of carbonyl (C=O) groups is 1. The minimum Gasteiger partial charge on any atom is -0.391 e. The normalized spacial score (nSPS) is 38.5. The molecule has 0 spiro atoms. The van der Waals surface area contributed by atoms with Crippen LogP contribution in [0, 0.1) is 5.92 Å². The van der Waals surface area contributed by atoms with Crippen LogP contribution < -0.4 is 5.32 Å². The summed E-state index contributed by atoms with van der Waals surface area (Å²) in [4.78, 5) is 14.9. The lowest BCUT2D eigenvalue weighted by Crippen LogP contribution is -2.65. The molecule has 0 radical (unpaired) electrons. The number of nitrogens with one attached hydrogen (secondary N) is 1. The first-order valence-electron chi connectivity index (χ1n) is 9.62. The molecule has 166 valence electrons. The summed E-state index contributed by atoms with van der Waals surface area (Å²) in [6, 6.07) is -1.20. The molecule has 2 heterocycles. The average molecular weight is 443 g/mol. The lowest BCUT2D eigenvalue weighted by Gasteiger charge is -2.44. The van der Waals surface area contributed by atoms with Crippen molar-refractivity contribution in [1.82, 2.24) is 10.2 Å². The van der Waals surface area contributed by atoms with Gasteiger partial charge in [0.25, 0.3) is 0 Å². The number of carbonyl (C=O) groups excluding carboxylic acids is 1. The van der Waals surface area contributed by atoms with Crippen LogP contribution in [-0.2, 0) is 9.53 Å². The largest absolute Gasteiger partial charge is 0.391 e. The maximum absolute atomic E-state index is 12.8. The molecule has 2 aliphatic heterocycles. The third-order valence-electron chi connectivity index (χ3n) is 5.66. The van der Waals surface area contributed by atoms with Gasteiger partial charge in [-0.15, -0.1) is 24.2 Å². The SMILES string of the molecule is CCC[C@@H]1C[C@H](C(=O)N[C@@H](C2O[C@H](SC)C(O)[C@H](O)[C@H]2O)[C@@H](C)O)N(C)C1.Cl. The van der Waals surface area contributed by atoms with E-state index < -0.39 is 42.0 Å². The molecular formula is C18H35ClN2O6S. The number of nitrogens with zero attached hydrogens (tertiary/aromatic N) is 1.